The monoisotopic (exact) mass is 220 g/mol. The lowest BCUT2D eigenvalue weighted by atomic mass is 9.36. The molecule has 2 bridgehead atoms. The smallest absolute Gasteiger partial charge is 0.330 e. The number of fused-ring (bicyclic) bond motifs is 1. The van der Waals surface area contributed by atoms with Crippen LogP contribution in [0, 0.1) is 17.3 Å². The third-order valence-electron chi connectivity index (χ3n) is 5.78. The number of rotatable bonds is 2. The van der Waals surface area contributed by atoms with Crippen molar-refractivity contribution in [3.05, 3.63) is 12.7 Å². The van der Waals surface area contributed by atoms with Crippen molar-refractivity contribution < 1.29 is 14.6 Å². The van der Waals surface area contributed by atoms with Crippen molar-refractivity contribution in [3.8, 4) is 0 Å². The van der Waals surface area contributed by atoms with Gasteiger partial charge >= 0.3 is 5.97 Å². The molecule has 5 atom stereocenters. The Morgan fingerprint density at radius 2 is 2.12 bits per heavy atom. The molecule has 0 aromatic rings. The van der Waals surface area contributed by atoms with Crippen molar-refractivity contribution in [2.75, 3.05) is 0 Å². The fraction of sp³-hybridized carbons (Fsp3) is 0.769. The van der Waals surface area contributed by atoms with E-state index in [1.54, 1.807) is 0 Å². The Balaban J connectivity index is 1.72. The van der Waals surface area contributed by atoms with Gasteiger partial charge in [-0.2, -0.15) is 0 Å². The van der Waals surface area contributed by atoms with Gasteiger partial charge in [0.1, 0.15) is 5.60 Å². The standard InChI is InChI=1S/C13H16O3/c1-2-10(14)16-12-5-9-3-8-4-11(15,6-12)7-13(8,9)12/h2,8-9,15H,1,3-7H2/t8?,9?,11-,12?,13?/m1/s1. The quantitative estimate of drug-likeness (QED) is 0.565. The first-order valence-electron chi connectivity index (χ1n) is 6.11. The molecule has 1 N–H and O–H groups in total. The summed E-state index contributed by atoms with van der Waals surface area (Å²) in [5.41, 5.74) is -0.726. The van der Waals surface area contributed by atoms with E-state index in [0.717, 1.165) is 19.3 Å². The number of hydrogen-bond donors (Lipinski definition) is 1. The summed E-state index contributed by atoms with van der Waals surface area (Å²) in [6.07, 6.45) is 5.88. The lowest BCUT2D eigenvalue weighted by Crippen LogP contribution is -2.72. The molecule has 0 heterocycles. The van der Waals surface area contributed by atoms with Crippen molar-refractivity contribution in [2.24, 2.45) is 17.3 Å². The van der Waals surface area contributed by atoms with Crippen LogP contribution in [0.1, 0.15) is 32.1 Å². The van der Waals surface area contributed by atoms with Crippen LogP contribution in [-0.2, 0) is 9.53 Å². The van der Waals surface area contributed by atoms with Gasteiger partial charge < -0.3 is 9.84 Å². The van der Waals surface area contributed by atoms with Crippen LogP contribution < -0.4 is 0 Å². The minimum Gasteiger partial charge on any atom is -0.455 e. The van der Waals surface area contributed by atoms with Crippen molar-refractivity contribution in [1.29, 1.82) is 0 Å². The average Bonchev–Trinajstić information content (AvgIpc) is 2.60. The Morgan fingerprint density at radius 3 is 2.75 bits per heavy atom. The van der Waals surface area contributed by atoms with E-state index in [1.807, 2.05) is 0 Å². The number of esters is 1. The maximum Gasteiger partial charge on any atom is 0.330 e. The second-order valence-electron chi connectivity index (χ2n) is 6.28. The van der Waals surface area contributed by atoms with Crippen LogP contribution in [-0.4, -0.2) is 22.3 Å². The minimum atomic E-state index is -0.544. The summed E-state index contributed by atoms with van der Waals surface area (Å²) >= 11 is 0. The van der Waals surface area contributed by atoms with E-state index in [-0.39, 0.29) is 17.0 Å². The van der Waals surface area contributed by atoms with Crippen LogP contribution in [0.15, 0.2) is 12.7 Å². The first kappa shape index (κ1) is 9.23. The second kappa shape index (κ2) is 2.23. The van der Waals surface area contributed by atoms with E-state index in [9.17, 15) is 9.90 Å². The highest BCUT2D eigenvalue weighted by Crippen LogP contribution is 2.84. The largest absolute Gasteiger partial charge is 0.455 e. The maximum atomic E-state index is 11.4. The lowest BCUT2D eigenvalue weighted by molar-refractivity contribution is -0.293. The van der Waals surface area contributed by atoms with Crippen molar-refractivity contribution >= 4 is 5.97 Å². The van der Waals surface area contributed by atoms with E-state index in [0.29, 0.717) is 18.3 Å². The van der Waals surface area contributed by atoms with Gasteiger partial charge in [-0.3, -0.25) is 0 Å². The number of carbonyl (C=O) groups excluding carboxylic acids is 1. The molecule has 4 fully saturated rings. The molecule has 86 valence electrons. The summed E-state index contributed by atoms with van der Waals surface area (Å²) < 4.78 is 5.62. The summed E-state index contributed by atoms with van der Waals surface area (Å²) in [4.78, 5) is 11.4. The molecule has 0 aliphatic heterocycles. The van der Waals surface area contributed by atoms with Gasteiger partial charge in [0.2, 0.25) is 0 Å². The maximum absolute atomic E-state index is 11.4. The zero-order valence-electron chi connectivity index (χ0n) is 9.24. The van der Waals surface area contributed by atoms with Gasteiger partial charge in [0.15, 0.2) is 0 Å². The highest BCUT2D eigenvalue weighted by molar-refractivity contribution is 5.82. The number of hydrogen-bond acceptors (Lipinski definition) is 3. The Labute approximate surface area is 94.5 Å². The molecule has 4 rings (SSSR count). The molecule has 0 radical (unpaired) electrons. The molecule has 0 saturated heterocycles. The van der Waals surface area contributed by atoms with E-state index < -0.39 is 5.60 Å². The Bertz CT molecular complexity index is 417. The molecule has 4 saturated carbocycles. The van der Waals surface area contributed by atoms with Gasteiger partial charge in [0.25, 0.3) is 0 Å². The van der Waals surface area contributed by atoms with Crippen molar-refractivity contribution in [2.45, 2.75) is 43.3 Å². The molecular weight excluding hydrogens is 204 g/mol. The summed E-state index contributed by atoms with van der Waals surface area (Å²) in [7, 11) is 0. The third-order valence-corrected chi connectivity index (χ3v) is 5.78. The Hall–Kier alpha value is -0.830. The fourth-order valence-corrected chi connectivity index (χ4v) is 5.50. The average molecular weight is 220 g/mol. The van der Waals surface area contributed by atoms with Crippen LogP contribution in [0.2, 0.25) is 0 Å². The number of ether oxygens (including phenoxy) is 1. The highest BCUT2D eigenvalue weighted by atomic mass is 16.6. The predicted octanol–water partition coefficient (Wildman–Crippen LogP) is 1.41. The Kier molecular flexibility index (Phi) is 1.29. The van der Waals surface area contributed by atoms with Crippen molar-refractivity contribution in [1.82, 2.24) is 0 Å². The molecule has 16 heavy (non-hydrogen) atoms. The van der Waals surface area contributed by atoms with Gasteiger partial charge in [-0.05, 0) is 37.5 Å². The molecule has 0 aromatic heterocycles. The summed E-state index contributed by atoms with van der Waals surface area (Å²) in [5, 5.41) is 10.4. The topological polar surface area (TPSA) is 46.5 Å². The van der Waals surface area contributed by atoms with E-state index in [1.165, 1.54) is 12.5 Å². The highest BCUT2D eigenvalue weighted by Gasteiger charge is 2.86. The lowest BCUT2D eigenvalue weighted by Gasteiger charge is -2.71. The predicted molar refractivity (Wildman–Crippen MR) is 56.5 cm³/mol. The van der Waals surface area contributed by atoms with Gasteiger partial charge in [0, 0.05) is 17.9 Å². The molecule has 3 nitrogen and oxygen atoms in total. The van der Waals surface area contributed by atoms with Gasteiger partial charge in [-0.1, -0.05) is 6.58 Å². The molecule has 0 amide bonds. The SMILES string of the molecule is C=CC(=O)OC12CC3CC4C[C@@](O)(C1)CC342. The fourth-order valence-electron chi connectivity index (χ4n) is 5.50. The van der Waals surface area contributed by atoms with E-state index in [4.69, 9.17) is 4.74 Å². The molecular formula is C13H16O3. The van der Waals surface area contributed by atoms with Gasteiger partial charge in [-0.25, -0.2) is 4.79 Å². The number of carbonyl (C=O) groups is 1. The molecule has 3 heteroatoms. The van der Waals surface area contributed by atoms with Crippen LogP contribution in [0.5, 0.6) is 0 Å². The first-order chi connectivity index (χ1) is 7.54. The molecule has 4 unspecified atom stereocenters. The van der Waals surface area contributed by atoms with Crippen LogP contribution in [0.3, 0.4) is 0 Å². The normalized spacial score (nSPS) is 59.6. The zero-order chi connectivity index (χ0) is 11.2. The molecule has 1 spiro atoms. The third kappa shape index (κ3) is 0.690. The van der Waals surface area contributed by atoms with Gasteiger partial charge in [0.05, 0.1) is 5.60 Å². The Morgan fingerprint density at radius 1 is 1.38 bits per heavy atom. The van der Waals surface area contributed by atoms with Crippen molar-refractivity contribution in [3.63, 3.8) is 0 Å². The zero-order valence-corrected chi connectivity index (χ0v) is 9.24. The molecule has 4 aliphatic carbocycles. The summed E-state index contributed by atoms with van der Waals surface area (Å²) in [6.45, 7) is 3.45. The van der Waals surface area contributed by atoms with Crippen LogP contribution >= 0.6 is 0 Å². The first-order valence-corrected chi connectivity index (χ1v) is 6.11. The molecule has 0 aromatic carbocycles. The van der Waals surface area contributed by atoms with Gasteiger partial charge in [-0.15, -0.1) is 0 Å². The second-order valence-corrected chi connectivity index (χ2v) is 6.28. The van der Waals surface area contributed by atoms with E-state index in [2.05, 4.69) is 6.58 Å². The van der Waals surface area contributed by atoms with Crippen LogP contribution in [0.25, 0.3) is 0 Å². The van der Waals surface area contributed by atoms with Crippen LogP contribution in [0.4, 0.5) is 0 Å². The summed E-state index contributed by atoms with van der Waals surface area (Å²) in [6, 6.07) is 0. The van der Waals surface area contributed by atoms with E-state index >= 15 is 0 Å². The molecule has 4 aliphatic rings. The number of aliphatic hydroxyl groups is 1. The minimum absolute atomic E-state index is 0.153. The summed E-state index contributed by atoms with van der Waals surface area (Å²) in [5.74, 6) is 0.976.